The van der Waals surface area contributed by atoms with E-state index >= 15 is 0 Å². The zero-order valence-corrected chi connectivity index (χ0v) is 12.1. The van der Waals surface area contributed by atoms with Gasteiger partial charge in [0.25, 0.3) is 5.91 Å². The summed E-state index contributed by atoms with van der Waals surface area (Å²) in [5.41, 5.74) is 0.492. The second-order valence-corrected chi connectivity index (χ2v) is 4.53. The number of hydrogen-bond acceptors (Lipinski definition) is 4. The van der Waals surface area contributed by atoms with E-state index in [2.05, 4.69) is 15.2 Å². The minimum absolute atomic E-state index is 0.211. The molecule has 1 N–H and O–H groups in total. The summed E-state index contributed by atoms with van der Waals surface area (Å²) in [5, 5.41) is 6.90. The van der Waals surface area contributed by atoms with Crippen LogP contribution in [-0.2, 0) is 16.6 Å². The Morgan fingerprint density at radius 3 is 2.71 bits per heavy atom. The molecule has 0 spiro atoms. The zero-order chi connectivity index (χ0) is 15.2. The molecule has 0 aliphatic heterocycles. The molecule has 0 unspecified atom stereocenters. The molecule has 112 valence electrons. The maximum absolute atomic E-state index is 12.2. The number of aromatic nitrogens is 3. The Hall–Kier alpha value is -2.57. The fraction of sp³-hybridized carbons (Fsp3) is 0.357. The zero-order valence-electron chi connectivity index (χ0n) is 12.1. The first kappa shape index (κ1) is 14.8. The highest BCUT2D eigenvalue weighted by molar-refractivity contribution is 5.97. The molecule has 0 aromatic carbocycles. The first-order chi connectivity index (χ1) is 10.1. The minimum Gasteiger partial charge on any atom is -0.469 e. The molecule has 2 heterocycles. The first-order valence-electron chi connectivity index (χ1n) is 6.64. The van der Waals surface area contributed by atoms with E-state index in [0.29, 0.717) is 24.3 Å². The van der Waals surface area contributed by atoms with Crippen molar-refractivity contribution in [3.05, 3.63) is 36.3 Å². The van der Waals surface area contributed by atoms with Gasteiger partial charge in [0.05, 0.1) is 13.3 Å². The van der Waals surface area contributed by atoms with Crippen molar-refractivity contribution in [1.82, 2.24) is 19.7 Å². The van der Waals surface area contributed by atoms with Gasteiger partial charge in [-0.3, -0.25) is 14.3 Å². The van der Waals surface area contributed by atoms with E-state index in [1.807, 2.05) is 29.1 Å². The van der Waals surface area contributed by atoms with Crippen molar-refractivity contribution in [3.63, 3.8) is 0 Å². The van der Waals surface area contributed by atoms with E-state index in [1.54, 1.807) is 11.7 Å². The molecule has 0 aliphatic rings. The number of rotatable bonds is 6. The number of esters is 1. The summed E-state index contributed by atoms with van der Waals surface area (Å²) in [5.74, 6) is 0.209. The second-order valence-electron chi connectivity index (χ2n) is 4.53. The lowest BCUT2D eigenvalue weighted by molar-refractivity contribution is -0.140. The van der Waals surface area contributed by atoms with Gasteiger partial charge in [-0.15, -0.1) is 0 Å². The molecule has 2 aromatic heterocycles. The highest BCUT2D eigenvalue weighted by Crippen LogP contribution is 2.13. The summed E-state index contributed by atoms with van der Waals surface area (Å²) >= 11 is 0. The quantitative estimate of drug-likeness (QED) is 0.633. The molecule has 0 bridgehead atoms. The summed E-state index contributed by atoms with van der Waals surface area (Å²) in [4.78, 5) is 23.2. The third-order valence-electron chi connectivity index (χ3n) is 3.07. The third kappa shape index (κ3) is 3.50. The number of carbonyl (C=O) groups is 2. The molecule has 0 saturated carbocycles. The summed E-state index contributed by atoms with van der Waals surface area (Å²) in [6.07, 6.45) is 6.06. The lowest BCUT2D eigenvalue weighted by Crippen LogP contribution is -2.26. The van der Waals surface area contributed by atoms with Gasteiger partial charge < -0.3 is 14.6 Å². The van der Waals surface area contributed by atoms with Crippen LogP contribution in [-0.4, -0.2) is 39.9 Å². The predicted molar refractivity (Wildman–Crippen MR) is 76.1 cm³/mol. The van der Waals surface area contributed by atoms with Crippen molar-refractivity contribution in [2.45, 2.75) is 12.8 Å². The van der Waals surface area contributed by atoms with Crippen LogP contribution in [0.25, 0.3) is 5.82 Å². The van der Waals surface area contributed by atoms with Gasteiger partial charge in [-0.2, -0.15) is 5.10 Å². The Morgan fingerprint density at radius 2 is 2.05 bits per heavy atom. The smallest absolute Gasteiger partial charge is 0.305 e. The van der Waals surface area contributed by atoms with Crippen molar-refractivity contribution in [1.29, 1.82) is 0 Å². The number of carbonyl (C=O) groups excluding carboxylic acids is 2. The van der Waals surface area contributed by atoms with Crippen LogP contribution in [0.15, 0.2) is 30.7 Å². The van der Waals surface area contributed by atoms with E-state index in [4.69, 9.17) is 0 Å². The van der Waals surface area contributed by atoms with Crippen LogP contribution in [0.4, 0.5) is 0 Å². The molecule has 7 heteroatoms. The molecule has 2 aromatic rings. The monoisotopic (exact) mass is 290 g/mol. The van der Waals surface area contributed by atoms with E-state index in [1.165, 1.54) is 13.3 Å². The van der Waals surface area contributed by atoms with Crippen LogP contribution >= 0.6 is 0 Å². The van der Waals surface area contributed by atoms with Gasteiger partial charge in [0.2, 0.25) is 0 Å². The number of nitrogens with one attached hydrogen (secondary N) is 1. The summed E-state index contributed by atoms with van der Waals surface area (Å²) in [6.45, 7) is 0.411. The summed E-state index contributed by atoms with van der Waals surface area (Å²) in [6, 6.07) is 3.76. The van der Waals surface area contributed by atoms with Crippen LogP contribution in [0.2, 0.25) is 0 Å². The van der Waals surface area contributed by atoms with Crippen LogP contribution < -0.4 is 5.32 Å². The Kier molecular flexibility index (Phi) is 4.76. The molecule has 1 amide bonds. The van der Waals surface area contributed by atoms with E-state index in [0.717, 1.165) is 0 Å². The lowest BCUT2D eigenvalue weighted by atomic mass is 10.2. The number of nitrogens with zero attached hydrogens (tertiary/aromatic N) is 3. The Bertz CT molecular complexity index is 616. The van der Waals surface area contributed by atoms with Crippen LogP contribution in [0.3, 0.4) is 0 Å². The van der Waals surface area contributed by atoms with Gasteiger partial charge in [-0.1, -0.05) is 0 Å². The van der Waals surface area contributed by atoms with E-state index in [9.17, 15) is 9.59 Å². The molecule has 0 saturated heterocycles. The van der Waals surface area contributed by atoms with Crippen LogP contribution in [0, 0.1) is 0 Å². The van der Waals surface area contributed by atoms with Crippen molar-refractivity contribution < 1.29 is 14.3 Å². The molecule has 2 rings (SSSR count). The third-order valence-corrected chi connectivity index (χ3v) is 3.07. The van der Waals surface area contributed by atoms with Crippen molar-refractivity contribution >= 4 is 11.9 Å². The fourth-order valence-corrected chi connectivity index (χ4v) is 2.01. The summed E-state index contributed by atoms with van der Waals surface area (Å²) in [7, 11) is 3.13. The van der Waals surface area contributed by atoms with Gasteiger partial charge in [0.15, 0.2) is 0 Å². The average molecular weight is 290 g/mol. The fourth-order valence-electron chi connectivity index (χ4n) is 2.01. The maximum Gasteiger partial charge on any atom is 0.305 e. The molecular weight excluding hydrogens is 272 g/mol. The summed E-state index contributed by atoms with van der Waals surface area (Å²) < 4.78 is 8.02. The Morgan fingerprint density at radius 1 is 1.33 bits per heavy atom. The SMILES string of the molecule is COC(=O)CCCNC(=O)c1cnn(C)c1-n1cccc1. The number of hydrogen-bond donors (Lipinski definition) is 1. The normalized spacial score (nSPS) is 10.4. The van der Waals surface area contributed by atoms with Crippen LogP contribution in [0.1, 0.15) is 23.2 Å². The molecule has 0 aliphatic carbocycles. The molecule has 0 radical (unpaired) electrons. The second kappa shape index (κ2) is 6.74. The lowest BCUT2D eigenvalue weighted by Gasteiger charge is -2.08. The molecule has 0 fully saturated rings. The van der Waals surface area contributed by atoms with Gasteiger partial charge in [-0.05, 0) is 18.6 Å². The van der Waals surface area contributed by atoms with Gasteiger partial charge in [-0.25, -0.2) is 0 Å². The number of amides is 1. The predicted octanol–water partition coefficient (Wildman–Crippen LogP) is 0.894. The topological polar surface area (TPSA) is 78.2 Å². The highest BCUT2D eigenvalue weighted by Gasteiger charge is 2.16. The van der Waals surface area contributed by atoms with Gasteiger partial charge in [0, 0.05) is 32.4 Å². The minimum atomic E-state index is -0.279. The Labute approximate surface area is 122 Å². The maximum atomic E-state index is 12.2. The van der Waals surface area contributed by atoms with Crippen molar-refractivity contribution in [2.24, 2.45) is 7.05 Å². The van der Waals surface area contributed by atoms with Crippen molar-refractivity contribution in [3.8, 4) is 5.82 Å². The standard InChI is InChI=1S/C14H18N4O3/c1-17-14(18-8-3-4-9-18)11(10-16-17)13(20)15-7-5-6-12(19)21-2/h3-4,8-10H,5-7H2,1-2H3,(H,15,20). The molecule has 21 heavy (non-hydrogen) atoms. The van der Waals surface area contributed by atoms with Crippen LogP contribution in [0.5, 0.6) is 0 Å². The number of methoxy groups -OCH3 is 1. The molecule has 7 nitrogen and oxygen atoms in total. The first-order valence-corrected chi connectivity index (χ1v) is 6.64. The Balaban J connectivity index is 1.99. The molecular formula is C14H18N4O3. The van der Waals surface area contributed by atoms with E-state index < -0.39 is 0 Å². The number of ether oxygens (including phenoxy) is 1. The molecule has 0 atom stereocenters. The van der Waals surface area contributed by atoms with Gasteiger partial charge in [0.1, 0.15) is 11.4 Å². The van der Waals surface area contributed by atoms with Gasteiger partial charge >= 0.3 is 5.97 Å². The van der Waals surface area contributed by atoms with E-state index in [-0.39, 0.29) is 18.3 Å². The largest absolute Gasteiger partial charge is 0.469 e. The number of aryl methyl sites for hydroxylation is 1. The highest BCUT2D eigenvalue weighted by atomic mass is 16.5. The van der Waals surface area contributed by atoms with Crippen molar-refractivity contribution in [2.75, 3.05) is 13.7 Å². The average Bonchev–Trinajstić information content (AvgIpc) is 3.11.